The molecule has 5 nitrogen and oxygen atoms in total. The molecular formula is C47H73N3O2. The van der Waals surface area contributed by atoms with E-state index in [1.54, 1.807) is 0 Å². The van der Waals surface area contributed by atoms with Crippen molar-refractivity contribution in [2.45, 2.75) is 117 Å². The van der Waals surface area contributed by atoms with Crippen molar-refractivity contribution in [3.05, 3.63) is 134 Å². The Balaban J connectivity index is 3.68. The molecule has 0 aromatic carbocycles. The first-order chi connectivity index (χ1) is 25.6. The Kier molecular flexibility index (Phi) is 38.3. The van der Waals surface area contributed by atoms with Gasteiger partial charge in [0.25, 0.3) is 0 Å². The maximum atomic E-state index is 12.1. The lowest BCUT2D eigenvalue weighted by Gasteiger charge is -2.17. The molecule has 288 valence electrons. The highest BCUT2D eigenvalue weighted by Gasteiger charge is 2.03. The van der Waals surface area contributed by atoms with Gasteiger partial charge in [0.05, 0.1) is 0 Å². The molecule has 0 saturated heterocycles. The highest BCUT2D eigenvalue weighted by Crippen LogP contribution is 2.01. The molecule has 0 atom stereocenters. The maximum absolute atomic E-state index is 12.1. The van der Waals surface area contributed by atoms with E-state index in [-0.39, 0.29) is 11.8 Å². The monoisotopic (exact) mass is 712 g/mol. The molecule has 2 amide bonds. The van der Waals surface area contributed by atoms with E-state index in [9.17, 15) is 9.59 Å². The number of nitrogens with one attached hydrogen (secondary N) is 2. The van der Waals surface area contributed by atoms with E-state index in [2.05, 4.69) is 163 Å². The van der Waals surface area contributed by atoms with Crippen LogP contribution in [-0.4, -0.2) is 49.9 Å². The van der Waals surface area contributed by atoms with Crippen LogP contribution in [0.3, 0.4) is 0 Å². The van der Waals surface area contributed by atoms with Crippen molar-refractivity contribution in [3.8, 4) is 0 Å². The summed E-state index contributed by atoms with van der Waals surface area (Å²) in [5.74, 6) is 0.178. The smallest absolute Gasteiger partial charge is 0.220 e. The van der Waals surface area contributed by atoms with Gasteiger partial charge in [-0.2, -0.15) is 0 Å². The summed E-state index contributed by atoms with van der Waals surface area (Å²) >= 11 is 0. The van der Waals surface area contributed by atoms with Gasteiger partial charge in [0.15, 0.2) is 0 Å². The third kappa shape index (κ3) is 40.5. The van der Waals surface area contributed by atoms with Crippen molar-refractivity contribution in [2.75, 3.05) is 33.2 Å². The topological polar surface area (TPSA) is 61.4 Å². The van der Waals surface area contributed by atoms with Gasteiger partial charge in [-0.25, -0.2) is 0 Å². The fraction of sp³-hybridized carbons (Fsp3) is 0.489. The Morgan fingerprint density at radius 3 is 1.04 bits per heavy atom. The fourth-order valence-electron chi connectivity index (χ4n) is 4.66. The van der Waals surface area contributed by atoms with Crippen LogP contribution in [0.2, 0.25) is 0 Å². The highest BCUT2D eigenvalue weighted by atomic mass is 16.2. The quantitative estimate of drug-likeness (QED) is 0.0526. The van der Waals surface area contributed by atoms with Crippen molar-refractivity contribution in [3.63, 3.8) is 0 Å². The zero-order chi connectivity index (χ0) is 37.8. The summed E-state index contributed by atoms with van der Waals surface area (Å²) in [4.78, 5) is 26.4. The normalized spacial score (nSPS) is 13.2. The molecule has 0 aromatic rings. The van der Waals surface area contributed by atoms with Gasteiger partial charge in [-0.15, -0.1) is 0 Å². The van der Waals surface area contributed by atoms with Crippen LogP contribution in [0.25, 0.3) is 0 Å². The van der Waals surface area contributed by atoms with Crippen molar-refractivity contribution >= 4 is 11.8 Å². The van der Waals surface area contributed by atoms with Crippen LogP contribution in [0.5, 0.6) is 0 Å². The first-order valence-electron chi connectivity index (χ1n) is 20.0. The van der Waals surface area contributed by atoms with Gasteiger partial charge >= 0.3 is 0 Å². The van der Waals surface area contributed by atoms with Gasteiger partial charge in [0, 0.05) is 39.0 Å². The standard InChI is InChI=1S/C47H73N3O2/c1-4-6-8-10-12-14-16-18-20-22-23-25-27-29-31-33-35-37-39-41-47(52)49-43-45-50(3)44-42-48-46(51)40-38-36-34-32-30-28-26-24-21-19-17-15-13-11-9-7-5-2/h6-9,12-15,18-21,23,25-26,28-29,31-32,34-35,37H,4-5,10-11,16-17,22,24,27,30,33,36,38-45H2,1-3H3,(H,48,51)(H,49,52)/b8-6-,9-7-,14-12-,15-13-,20-18-,21-19-,25-23-,28-26-,31-29-,34-32-,37-35-. The third-order valence-corrected chi connectivity index (χ3v) is 7.70. The predicted molar refractivity (Wildman–Crippen MR) is 229 cm³/mol. The predicted octanol–water partition coefficient (Wildman–Crippen LogP) is 11.6. The molecule has 52 heavy (non-hydrogen) atoms. The first kappa shape index (κ1) is 48.0. The third-order valence-electron chi connectivity index (χ3n) is 7.70. The Morgan fingerprint density at radius 2 is 0.692 bits per heavy atom. The highest BCUT2D eigenvalue weighted by molar-refractivity contribution is 5.76. The SMILES string of the molecule is CC/C=C\C/C=C\C/C=C\C/C=C\C/C=C\C/C=C\CCC(=O)NCCN(C)CCNC(=O)CCC/C=C\C/C=C\C/C=C\C/C=C\C/C=C\CC. The van der Waals surface area contributed by atoms with Crippen molar-refractivity contribution in [1.82, 2.24) is 15.5 Å². The summed E-state index contributed by atoms with van der Waals surface area (Å²) in [6.07, 6.45) is 62.7. The van der Waals surface area contributed by atoms with Gasteiger partial charge in [-0.1, -0.05) is 148 Å². The van der Waals surface area contributed by atoms with Gasteiger partial charge in [-0.05, 0) is 96.9 Å². The second-order valence-electron chi connectivity index (χ2n) is 12.6. The molecule has 0 radical (unpaired) electrons. The summed E-state index contributed by atoms with van der Waals surface area (Å²) in [5, 5.41) is 6.00. The summed E-state index contributed by atoms with van der Waals surface area (Å²) in [5.41, 5.74) is 0. The Hall–Kier alpha value is -3.96. The summed E-state index contributed by atoms with van der Waals surface area (Å²) in [6, 6.07) is 0. The summed E-state index contributed by atoms with van der Waals surface area (Å²) in [6.45, 7) is 7.05. The molecule has 0 aromatic heterocycles. The fourth-order valence-corrected chi connectivity index (χ4v) is 4.66. The van der Waals surface area contributed by atoms with Gasteiger partial charge in [-0.3, -0.25) is 9.59 Å². The van der Waals surface area contributed by atoms with Gasteiger partial charge in [0.2, 0.25) is 11.8 Å². The summed E-state index contributed by atoms with van der Waals surface area (Å²) in [7, 11) is 2.01. The number of hydrogen-bond acceptors (Lipinski definition) is 3. The van der Waals surface area contributed by atoms with Crippen LogP contribution in [0.4, 0.5) is 0 Å². The lowest BCUT2D eigenvalue weighted by molar-refractivity contribution is -0.121. The van der Waals surface area contributed by atoms with Crippen LogP contribution >= 0.6 is 0 Å². The minimum absolute atomic E-state index is 0.0775. The average molecular weight is 712 g/mol. The van der Waals surface area contributed by atoms with E-state index >= 15 is 0 Å². The Labute approximate surface area is 319 Å². The largest absolute Gasteiger partial charge is 0.355 e. The molecule has 0 heterocycles. The van der Waals surface area contributed by atoms with E-state index in [1.165, 1.54) is 0 Å². The van der Waals surface area contributed by atoms with Crippen LogP contribution in [0.1, 0.15) is 117 Å². The van der Waals surface area contributed by atoms with Crippen LogP contribution in [0.15, 0.2) is 134 Å². The number of carbonyl (C=O) groups excluding carboxylic acids is 2. The van der Waals surface area contributed by atoms with Crippen molar-refractivity contribution < 1.29 is 9.59 Å². The van der Waals surface area contributed by atoms with E-state index in [1.807, 2.05) is 7.05 Å². The second kappa shape index (κ2) is 41.5. The van der Waals surface area contributed by atoms with Crippen LogP contribution in [-0.2, 0) is 9.59 Å². The lowest BCUT2D eigenvalue weighted by Crippen LogP contribution is -2.37. The molecule has 0 aliphatic carbocycles. The maximum Gasteiger partial charge on any atom is 0.220 e. The zero-order valence-corrected chi connectivity index (χ0v) is 33.1. The number of allylic oxidation sites excluding steroid dienone is 22. The zero-order valence-electron chi connectivity index (χ0n) is 33.1. The number of unbranched alkanes of at least 4 members (excludes halogenated alkanes) is 1. The van der Waals surface area contributed by atoms with Crippen LogP contribution < -0.4 is 10.6 Å². The van der Waals surface area contributed by atoms with Crippen molar-refractivity contribution in [2.24, 2.45) is 0 Å². The number of rotatable bonds is 33. The molecule has 0 aliphatic heterocycles. The molecule has 0 saturated carbocycles. The number of nitrogens with zero attached hydrogens (tertiary/aromatic N) is 1. The molecule has 0 aliphatic rings. The molecule has 5 heteroatoms. The van der Waals surface area contributed by atoms with E-state index in [4.69, 9.17) is 0 Å². The molecular weight excluding hydrogens is 639 g/mol. The van der Waals surface area contributed by atoms with E-state index in [0.29, 0.717) is 25.9 Å². The minimum atomic E-state index is 0.0775. The second-order valence-corrected chi connectivity index (χ2v) is 12.6. The first-order valence-corrected chi connectivity index (χ1v) is 20.0. The molecule has 0 bridgehead atoms. The van der Waals surface area contributed by atoms with E-state index < -0.39 is 0 Å². The number of amides is 2. The molecule has 0 spiro atoms. The van der Waals surface area contributed by atoms with Gasteiger partial charge in [0.1, 0.15) is 0 Å². The number of likely N-dealkylation sites (N-methyl/N-ethyl adjacent to an activating group) is 1. The minimum Gasteiger partial charge on any atom is -0.355 e. The van der Waals surface area contributed by atoms with Crippen molar-refractivity contribution in [1.29, 1.82) is 0 Å². The average Bonchev–Trinajstić information content (AvgIpc) is 3.13. The molecule has 0 unspecified atom stereocenters. The molecule has 2 N–H and O–H groups in total. The number of carbonyl (C=O) groups is 2. The summed E-state index contributed by atoms with van der Waals surface area (Å²) < 4.78 is 0. The Bertz CT molecular complexity index is 1180. The van der Waals surface area contributed by atoms with E-state index in [0.717, 1.165) is 103 Å². The Morgan fingerprint density at radius 1 is 0.404 bits per heavy atom. The van der Waals surface area contributed by atoms with Gasteiger partial charge < -0.3 is 15.5 Å². The number of hydrogen-bond donors (Lipinski definition) is 2. The molecule has 0 fully saturated rings. The molecule has 0 rings (SSSR count). The van der Waals surface area contributed by atoms with Crippen LogP contribution in [0, 0.1) is 0 Å². The lowest BCUT2D eigenvalue weighted by atomic mass is 10.2.